The van der Waals surface area contributed by atoms with Crippen LogP contribution in [0.1, 0.15) is 19.3 Å². The zero-order valence-electron chi connectivity index (χ0n) is 14.8. The van der Waals surface area contributed by atoms with E-state index < -0.39 is 22.1 Å². The molecule has 0 radical (unpaired) electrons. The summed E-state index contributed by atoms with van der Waals surface area (Å²) in [6.45, 7) is 3.51. The molecule has 10 heteroatoms. The van der Waals surface area contributed by atoms with E-state index in [1.54, 1.807) is 0 Å². The van der Waals surface area contributed by atoms with Gasteiger partial charge in [0.2, 0.25) is 10.0 Å². The van der Waals surface area contributed by atoms with Crippen molar-refractivity contribution in [2.24, 2.45) is 0 Å². The first-order chi connectivity index (χ1) is 12.7. The molecule has 1 atom stereocenters. The first-order valence-electron chi connectivity index (χ1n) is 8.94. The lowest BCUT2D eigenvalue weighted by atomic mass is 10.2. The smallest absolute Gasteiger partial charge is 0.406 e. The van der Waals surface area contributed by atoms with Crippen molar-refractivity contribution in [3.63, 3.8) is 0 Å². The van der Waals surface area contributed by atoms with Gasteiger partial charge in [0.15, 0.2) is 0 Å². The summed E-state index contributed by atoms with van der Waals surface area (Å²) in [5.41, 5.74) is 0. The fourth-order valence-electron chi connectivity index (χ4n) is 3.43. The van der Waals surface area contributed by atoms with Gasteiger partial charge in [-0.3, -0.25) is 4.90 Å². The van der Waals surface area contributed by atoms with Crippen LogP contribution in [0.2, 0.25) is 0 Å². The Morgan fingerprint density at radius 2 is 1.96 bits per heavy atom. The highest BCUT2D eigenvalue weighted by molar-refractivity contribution is 7.89. The van der Waals surface area contributed by atoms with Gasteiger partial charge in [-0.1, -0.05) is 6.07 Å². The third kappa shape index (κ3) is 5.56. The molecule has 0 saturated carbocycles. The Hall–Kier alpha value is -1.36. The molecule has 0 unspecified atom stereocenters. The van der Waals surface area contributed by atoms with E-state index in [9.17, 15) is 21.6 Å². The second-order valence-corrected chi connectivity index (χ2v) is 8.65. The van der Waals surface area contributed by atoms with Crippen LogP contribution in [0.5, 0.6) is 5.75 Å². The Morgan fingerprint density at radius 3 is 2.67 bits per heavy atom. The van der Waals surface area contributed by atoms with Crippen LogP contribution < -0.4 is 4.74 Å². The second kappa shape index (κ2) is 8.34. The maximum atomic E-state index is 12.9. The van der Waals surface area contributed by atoms with E-state index in [1.165, 1.54) is 16.4 Å². The monoisotopic (exact) mass is 408 g/mol. The van der Waals surface area contributed by atoms with Gasteiger partial charge in [0.25, 0.3) is 0 Å². The van der Waals surface area contributed by atoms with Gasteiger partial charge in [0, 0.05) is 38.9 Å². The van der Waals surface area contributed by atoms with E-state index in [4.69, 9.17) is 4.74 Å². The number of benzene rings is 1. The maximum Gasteiger partial charge on any atom is 0.573 e. The molecule has 2 fully saturated rings. The van der Waals surface area contributed by atoms with Gasteiger partial charge in [0.05, 0.1) is 11.0 Å². The molecule has 2 saturated heterocycles. The summed E-state index contributed by atoms with van der Waals surface area (Å²) >= 11 is 0. The van der Waals surface area contributed by atoms with E-state index in [1.807, 2.05) is 0 Å². The molecule has 0 bridgehead atoms. The topological polar surface area (TPSA) is 59.1 Å². The minimum atomic E-state index is -4.87. The molecule has 152 valence electrons. The number of ether oxygens (including phenoxy) is 2. The van der Waals surface area contributed by atoms with Crippen molar-refractivity contribution in [3.8, 4) is 5.75 Å². The van der Waals surface area contributed by atoms with E-state index in [2.05, 4.69) is 9.64 Å². The first kappa shape index (κ1) is 20.4. The van der Waals surface area contributed by atoms with Gasteiger partial charge >= 0.3 is 6.36 Å². The summed E-state index contributed by atoms with van der Waals surface area (Å²) in [5, 5.41) is 0. The van der Waals surface area contributed by atoms with Crippen molar-refractivity contribution < 1.29 is 31.1 Å². The van der Waals surface area contributed by atoms with Crippen molar-refractivity contribution >= 4 is 10.0 Å². The molecule has 0 aromatic heterocycles. The summed E-state index contributed by atoms with van der Waals surface area (Å²) in [5.74, 6) is -0.543. The second-order valence-electron chi connectivity index (χ2n) is 6.72. The van der Waals surface area contributed by atoms with Crippen LogP contribution in [0.25, 0.3) is 0 Å². The fourth-order valence-corrected chi connectivity index (χ4v) is 4.93. The van der Waals surface area contributed by atoms with Crippen molar-refractivity contribution in [1.29, 1.82) is 0 Å². The number of rotatable bonds is 5. The SMILES string of the molecule is O=S(=O)(c1cccc(OC(F)(F)F)c1)N1CCCN(C[C@H]2CCCO2)CC1. The van der Waals surface area contributed by atoms with Crippen LogP contribution in [0.15, 0.2) is 29.2 Å². The average Bonchev–Trinajstić information content (AvgIpc) is 2.97. The van der Waals surface area contributed by atoms with Crippen LogP contribution in [0.4, 0.5) is 13.2 Å². The number of halogens is 3. The molecule has 0 amide bonds. The van der Waals surface area contributed by atoms with Crippen LogP contribution >= 0.6 is 0 Å². The highest BCUT2D eigenvalue weighted by Gasteiger charge is 2.32. The van der Waals surface area contributed by atoms with Crippen LogP contribution in [-0.2, 0) is 14.8 Å². The molecule has 27 heavy (non-hydrogen) atoms. The fraction of sp³-hybridized carbons (Fsp3) is 0.647. The maximum absolute atomic E-state index is 12.9. The predicted molar refractivity (Wildman–Crippen MR) is 91.9 cm³/mol. The van der Waals surface area contributed by atoms with Gasteiger partial charge in [-0.2, -0.15) is 4.31 Å². The summed E-state index contributed by atoms with van der Waals surface area (Å²) < 4.78 is 73.7. The van der Waals surface area contributed by atoms with E-state index >= 15 is 0 Å². The molecular weight excluding hydrogens is 385 g/mol. The van der Waals surface area contributed by atoms with E-state index in [0.717, 1.165) is 44.7 Å². The Kier molecular flexibility index (Phi) is 6.29. The van der Waals surface area contributed by atoms with Gasteiger partial charge in [-0.05, 0) is 37.9 Å². The van der Waals surface area contributed by atoms with Gasteiger partial charge in [-0.25, -0.2) is 8.42 Å². The number of hydrogen-bond acceptors (Lipinski definition) is 5. The van der Waals surface area contributed by atoms with E-state index in [0.29, 0.717) is 26.1 Å². The highest BCUT2D eigenvalue weighted by atomic mass is 32.2. The molecule has 2 aliphatic heterocycles. The lowest BCUT2D eigenvalue weighted by Gasteiger charge is -2.24. The molecule has 0 aliphatic carbocycles. The molecule has 1 aromatic carbocycles. The molecule has 0 N–H and O–H groups in total. The number of alkyl halides is 3. The Labute approximate surface area is 156 Å². The van der Waals surface area contributed by atoms with Gasteiger partial charge < -0.3 is 9.47 Å². The molecule has 2 heterocycles. The summed E-state index contributed by atoms with van der Waals surface area (Å²) in [7, 11) is -3.89. The van der Waals surface area contributed by atoms with Crippen molar-refractivity contribution in [2.45, 2.75) is 36.6 Å². The molecule has 2 aliphatic rings. The van der Waals surface area contributed by atoms with Crippen LogP contribution in [0, 0.1) is 0 Å². The molecular formula is C17H23F3N2O4S. The average molecular weight is 408 g/mol. The summed E-state index contributed by atoms with van der Waals surface area (Å²) in [6, 6.07) is 4.53. The molecule has 3 rings (SSSR count). The van der Waals surface area contributed by atoms with Crippen molar-refractivity contribution in [3.05, 3.63) is 24.3 Å². The Balaban J connectivity index is 1.66. The molecule has 6 nitrogen and oxygen atoms in total. The lowest BCUT2D eigenvalue weighted by molar-refractivity contribution is -0.274. The molecule has 1 aromatic rings. The molecule has 0 spiro atoms. The first-order valence-corrected chi connectivity index (χ1v) is 10.4. The van der Waals surface area contributed by atoms with Crippen LogP contribution in [-0.4, -0.2) is 69.4 Å². The summed E-state index contributed by atoms with van der Waals surface area (Å²) in [6.07, 6.45) is -1.94. The minimum absolute atomic E-state index is 0.197. The minimum Gasteiger partial charge on any atom is -0.406 e. The number of sulfonamides is 1. The zero-order chi connectivity index (χ0) is 19.5. The Bertz CT molecular complexity index is 736. The lowest BCUT2D eigenvalue weighted by Crippen LogP contribution is -2.37. The van der Waals surface area contributed by atoms with Gasteiger partial charge in [0.1, 0.15) is 5.75 Å². The predicted octanol–water partition coefficient (Wildman–Crippen LogP) is 2.46. The number of nitrogens with zero attached hydrogens (tertiary/aromatic N) is 2. The highest BCUT2D eigenvalue weighted by Crippen LogP contribution is 2.27. The third-order valence-corrected chi connectivity index (χ3v) is 6.60. The largest absolute Gasteiger partial charge is 0.573 e. The quantitative estimate of drug-likeness (QED) is 0.749. The van der Waals surface area contributed by atoms with Gasteiger partial charge in [-0.15, -0.1) is 13.2 Å². The standard InChI is InChI=1S/C17H23F3N2O4S/c18-17(19,20)26-14-4-1-6-16(12-14)27(23,24)22-8-3-7-21(9-10-22)13-15-5-2-11-25-15/h1,4,6,12,15H,2-3,5,7-11,13H2/t15-/m1/s1. The zero-order valence-corrected chi connectivity index (χ0v) is 15.6. The normalized spacial score (nSPS) is 23.3. The number of hydrogen-bond donors (Lipinski definition) is 0. The van der Waals surface area contributed by atoms with Crippen LogP contribution in [0.3, 0.4) is 0 Å². The summed E-state index contributed by atoms with van der Waals surface area (Å²) in [4.78, 5) is 1.99. The van der Waals surface area contributed by atoms with Crippen molar-refractivity contribution in [1.82, 2.24) is 9.21 Å². The Morgan fingerprint density at radius 1 is 1.15 bits per heavy atom. The third-order valence-electron chi connectivity index (χ3n) is 4.71. The van der Waals surface area contributed by atoms with E-state index in [-0.39, 0.29) is 11.0 Å². The van der Waals surface area contributed by atoms with Crippen molar-refractivity contribution in [2.75, 3.05) is 39.3 Å².